The quantitative estimate of drug-likeness (QED) is 0.0411. The molecular weight excluding hydrogens is 903 g/mol. The Labute approximate surface area is 403 Å². The van der Waals surface area contributed by atoms with Gasteiger partial charge in [0, 0.05) is 13.1 Å². The van der Waals surface area contributed by atoms with Crippen LogP contribution in [0.25, 0.3) is 0 Å². The second-order valence-corrected chi connectivity index (χ2v) is 19.4. The van der Waals surface area contributed by atoms with Gasteiger partial charge >= 0.3 is 5.97 Å². The number of carboxylic acids is 1. The van der Waals surface area contributed by atoms with Gasteiger partial charge in [-0.2, -0.15) is 0 Å². The number of carbonyl (C=O) groups is 11. The molecule has 2 aliphatic heterocycles. The van der Waals surface area contributed by atoms with E-state index < -0.39 is 139 Å². The largest absolute Gasteiger partial charge is 0.480 e. The number of amides is 10. The fourth-order valence-corrected chi connectivity index (χ4v) is 7.78. The summed E-state index contributed by atoms with van der Waals surface area (Å²) in [6, 6.07) is -8.65. The summed E-state index contributed by atoms with van der Waals surface area (Å²) in [4.78, 5) is 145. The van der Waals surface area contributed by atoms with Gasteiger partial charge in [0.1, 0.15) is 42.3 Å². The lowest BCUT2D eigenvalue weighted by Gasteiger charge is -2.32. The third kappa shape index (κ3) is 18.8. The van der Waals surface area contributed by atoms with E-state index in [0.717, 1.165) is 0 Å². The maximum absolute atomic E-state index is 14.0. The monoisotopic (exact) mass is 980 g/mol. The van der Waals surface area contributed by atoms with Crippen molar-refractivity contribution in [3.8, 4) is 0 Å². The van der Waals surface area contributed by atoms with Crippen molar-refractivity contribution in [2.24, 2.45) is 29.4 Å². The lowest BCUT2D eigenvalue weighted by atomic mass is 9.99. The smallest absolute Gasteiger partial charge is 0.326 e. The van der Waals surface area contributed by atoms with E-state index in [1.807, 2.05) is 27.7 Å². The molecule has 0 bridgehead atoms. The summed E-state index contributed by atoms with van der Waals surface area (Å²) in [7, 11) is 0. The fourth-order valence-electron chi connectivity index (χ4n) is 7.78. The number of carboxylic acid groups (broad SMARTS) is 1. The van der Waals surface area contributed by atoms with Crippen molar-refractivity contribution in [2.75, 3.05) is 32.7 Å². The maximum Gasteiger partial charge on any atom is 0.326 e. The second kappa shape index (κ2) is 27.9. The van der Waals surface area contributed by atoms with Gasteiger partial charge in [0.2, 0.25) is 59.1 Å². The average molecular weight is 980 g/mol. The van der Waals surface area contributed by atoms with Crippen LogP contribution in [0, 0.1) is 23.7 Å². The standard InChI is InChI=1S/C45H77N11O13/c1-22(2)17-28(51-40(63)31-14-12-16-56(31)44(67)35(46)24(5)6)43(66)55-15-11-13-30(55)39(62)50-26(9)38(61)49-20-33(59)47-19-32(58)48-21-34(60)53-37(27(10)57)42(65)54-36(25(7)8)41(64)52-29(45(68)69)18-23(3)4/h22-31,35-37,57H,11-21,46H2,1-10H3,(H,47,59)(H,48,58)(H,49,61)(H,50,62)(H,51,63)(H,52,64)(H,53,60)(H,54,65)(H,68,69)/t26-,27+,28-,29-,30-,31-,35-,36-,37-/m0/s1. The van der Waals surface area contributed by atoms with Gasteiger partial charge in [-0.05, 0) is 76.0 Å². The number of nitrogens with one attached hydrogen (secondary N) is 8. The first-order chi connectivity index (χ1) is 32.2. The number of hydrogen-bond donors (Lipinski definition) is 11. The van der Waals surface area contributed by atoms with Crippen LogP contribution in [0.3, 0.4) is 0 Å². The minimum Gasteiger partial charge on any atom is -0.480 e. The summed E-state index contributed by atoms with van der Waals surface area (Å²) in [6.45, 7) is 15.5. The molecule has 2 fully saturated rings. The van der Waals surface area contributed by atoms with E-state index in [0.29, 0.717) is 32.2 Å². The van der Waals surface area contributed by atoms with Crippen molar-refractivity contribution in [1.29, 1.82) is 0 Å². The van der Waals surface area contributed by atoms with E-state index in [2.05, 4.69) is 42.5 Å². The summed E-state index contributed by atoms with van der Waals surface area (Å²) >= 11 is 0. The first kappa shape index (κ1) is 59.2. The Morgan fingerprint density at radius 3 is 1.48 bits per heavy atom. The number of nitrogens with two attached hydrogens (primary N) is 1. The van der Waals surface area contributed by atoms with Crippen molar-refractivity contribution >= 4 is 65.0 Å². The zero-order valence-corrected chi connectivity index (χ0v) is 41.6. The Hall–Kier alpha value is -5.91. The third-order valence-electron chi connectivity index (χ3n) is 11.7. The molecule has 0 radical (unpaired) electrons. The minimum absolute atomic E-state index is 0.0189. The van der Waals surface area contributed by atoms with Gasteiger partial charge in [0.25, 0.3) is 0 Å². The van der Waals surface area contributed by atoms with Gasteiger partial charge < -0.3 is 68.3 Å². The van der Waals surface area contributed by atoms with Crippen LogP contribution < -0.4 is 48.3 Å². The number of nitrogens with zero attached hydrogens (tertiary/aromatic N) is 2. The molecule has 10 amide bonds. The molecule has 0 unspecified atom stereocenters. The van der Waals surface area contributed by atoms with Crippen LogP contribution in [-0.4, -0.2) is 172 Å². The van der Waals surface area contributed by atoms with Crippen molar-refractivity contribution in [2.45, 2.75) is 162 Å². The third-order valence-corrected chi connectivity index (χ3v) is 11.7. The molecule has 2 heterocycles. The van der Waals surface area contributed by atoms with Crippen LogP contribution in [0.5, 0.6) is 0 Å². The molecule has 0 spiro atoms. The first-order valence-electron chi connectivity index (χ1n) is 23.8. The van der Waals surface area contributed by atoms with Gasteiger partial charge in [-0.3, -0.25) is 47.9 Å². The molecule has 2 saturated heterocycles. The second-order valence-electron chi connectivity index (χ2n) is 19.4. The average Bonchev–Trinajstić information content (AvgIpc) is 3.97. The van der Waals surface area contributed by atoms with Crippen molar-refractivity contribution in [1.82, 2.24) is 52.3 Å². The van der Waals surface area contributed by atoms with Crippen LogP contribution in [-0.2, 0) is 52.7 Å². The highest BCUT2D eigenvalue weighted by atomic mass is 16.4. The SMILES string of the molecule is CC(C)C[C@H](NC(=O)[C@@H](NC(=O)[C@@H](NC(=O)CNC(=O)CNC(=O)CNC(=O)[C@H](C)NC(=O)[C@@H]1CCCN1C(=O)[C@H](CC(C)C)NC(=O)[C@@H]1CCCN1C(=O)[C@@H](N)C(C)C)[C@@H](C)O)C(C)C)C(=O)O. The van der Waals surface area contributed by atoms with Gasteiger partial charge in [-0.25, -0.2) is 4.79 Å². The number of aliphatic hydroxyl groups is 1. The number of aliphatic hydroxyl groups excluding tert-OH is 1. The summed E-state index contributed by atoms with van der Waals surface area (Å²) in [5.41, 5.74) is 6.11. The van der Waals surface area contributed by atoms with E-state index >= 15 is 0 Å². The molecule has 24 heteroatoms. The fraction of sp³-hybridized carbons (Fsp3) is 0.756. The lowest BCUT2D eigenvalue weighted by Crippen LogP contribution is -2.60. The zero-order chi connectivity index (χ0) is 52.4. The molecule has 9 atom stereocenters. The van der Waals surface area contributed by atoms with E-state index in [1.165, 1.54) is 23.6 Å². The Bertz CT molecular complexity index is 1860. The van der Waals surface area contributed by atoms with Gasteiger partial charge in [0.15, 0.2) is 0 Å². The van der Waals surface area contributed by atoms with Crippen LogP contribution in [0.4, 0.5) is 0 Å². The predicted octanol–water partition coefficient (Wildman–Crippen LogP) is -3.04. The molecule has 0 saturated carbocycles. The first-order valence-corrected chi connectivity index (χ1v) is 23.8. The summed E-state index contributed by atoms with van der Waals surface area (Å²) in [5, 5.41) is 39.2. The predicted molar refractivity (Wildman–Crippen MR) is 250 cm³/mol. The highest BCUT2D eigenvalue weighted by Gasteiger charge is 2.42. The Kier molecular flexibility index (Phi) is 24.0. The molecule has 0 aromatic heterocycles. The molecule has 69 heavy (non-hydrogen) atoms. The number of hydrogen-bond acceptors (Lipinski definition) is 13. The van der Waals surface area contributed by atoms with Gasteiger partial charge in [0.05, 0.1) is 31.8 Å². The zero-order valence-electron chi connectivity index (χ0n) is 41.6. The molecule has 2 rings (SSSR count). The molecule has 0 aromatic carbocycles. The number of likely N-dealkylation sites (tertiary alicyclic amines) is 2. The molecule has 390 valence electrons. The summed E-state index contributed by atoms with van der Waals surface area (Å²) < 4.78 is 0. The number of aliphatic carboxylic acids is 1. The van der Waals surface area contributed by atoms with Crippen LogP contribution in [0.2, 0.25) is 0 Å². The van der Waals surface area contributed by atoms with E-state index in [-0.39, 0.29) is 43.0 Å². The molecule has 12 N–H and O–H groups in total. The molecule has 24 nitrogen and oxygen atoms in total. The van der Waals surface area contributed by atoms with Crippen molar-refractivity contribution in [3.63, 3.8) is 0 Å². The van der Waals surface area contributed by atoms with Crippen LogP contribution >= 0.6 is 0 Å². The van der Waals surface area contributed by atoms with Crippen LogP contribution in [0.15, 0.2) is 0 Å². The van der Waals surface area contributed by atoms with E-state index in [1.54, 1.807) is 27.7 Å². The number of rotatable bonds is 26. The highest BCUT2D eigenvalue weighted by Crippen LogP contribution is 2.23. The van der Waals surface area contributed by atoms with E-state index in [4.69, 9.17) is 5.73 Å². The molecule has 0 aliphatic carbocycles. The Morgan fingerprint density at radius 2 is 1.00 bits per heavy atom. The molecule has 2 aliphatic rings. The molecule has 0 aromatic rings. The van der Waals surface area contributed by atoms with Gasteiger partial charge in [-0.1, -0.05) is 55.4 Å². The molecular formula is C45H77N11O13. The Balaban J connectivity index is 1.88. The van der Waals surface area contributed by atoms with Crippen LogP contribution in [0.1, 0.15) is 108 Å². The highest BCUT2D eigenvalue weighted by molar-refractivity contribution is 5.98. The normalized spacial score (nSPS) is 18.8. The topological polar surface area (TPSA) is 357 Å². The van der Waals surface area contributed by atoms with E-state index in [9.17, 15) is 63.0 Å². The van der Waals surface area contributed by atoms with Crippen molar-refractivity contribution in [3.05, 3.63) is 0 Å². The minimum atomic E-state index is -1.57. The summed E-state index contributed by atoms with van der Waals surface area (Å²) in [5.74, 6) is -8.88. The number of carbonyl (C=O) groups excluding carboxylic acids is 10. The van der Waals surface area contributed by atoms with Gasteiger partial charge in [-0.15, -0.1) is 0 Å². The van der Waals surface area contributed by atoms with Crippen molar-refractivity contribution < 1.29 is 63.0 Å². The summed E-state index contributed by atoms with van der Waals surface area (Å²) in [6.07, 6.45) is 0.751. The Morgan fingerprint density at radius 1 is 0.536 bits per heavy atom. The lowest BCUT2D eigenvalue weighted by molar-refractivity contribution is -0.144. The maximum atomic E-state index is 14.0.